The van der Waals surface area contributed by atoms with Gasteiger partial charge >= 0.3 is 0 Å². The molecule has 0 aromatic heterocycles. The van der Waals surface area contributed by atoms with Crippen LogP contribution < -0.4 is 0 Å². The number of phenols is 1. The average molecular weight is 208 g/mol. The molecule has 1 N–H and O–H groups in total. The Morgan fingerprint density at radius 1 is 1.36 bits per heavy atom. The largest absolute Gasteiger partial charge is 0.508 e. The molecule has 0 aliphatic carbocycles. The second-order valence-electron chi connectivity index (χ2n) is 3.18. The van der Waals surface area contributed by atoms with Gasteiger partial charge in [-0.05, 0) is 24.3 Å². The molecule has 2 rings (SSSR count). The van der Waals surface area contributed by atoms with E-state index in [9.17, 15) is 0 Å². The number of benzene rings is 1. The number of amidine groups is 1. The van der Waals surface area contributed by atoms with Crippen LogP contribution in [0.4, 0.5) is 5.69 Å². The molecule has 1 saturated heterocycles. The number of hydrogen-bond acceptors (Lipinski definition) is 3. The molecule has 1 aliphatic rings. The van der Waals surface area contributed by atoms with Crippen molar-refractivity contribution in [2.45, 2.75) is 0 Å². The lowest BCUT2D eigenvalue weighted by Gasteiger charge is -2.09. The molecular formula is C10H12N2OS. The average Bonchev–Trinajstić information content (AvgIpc) is 2.56. The van der Waals surface area contributed by atoms with Crippen LogP contribution in [0.1, 0.15) is 0 Å². The highest BCUT2D eigenvalue weighted by molar-refractivity contribution is 8.14. The number of hydrogen-bond donors (Lipinski definition) is 1. The van der Waals surface area contributed by atoms with Gasteiger partial charge in [-0.3, -0.25) is 0 Å². The smallest absolute Gasteiger partial charge is 0.164 e. The summed E-state index contributed by atoms with van der Waals surface area (Å²) in [6.07, 6.45) is 0. The van der Waals surface area contributed by atoms with Crippen molar-refractivity contribution in [3.8, 4) is 5.75 Å². The third-order valence-corrected chi connectivity index (χ3v) is 3.11. The van der Waals surface area contributed by atoms with Crippen LogP contribution in [0.3, 0.4) is 0 Å². The Bertz CT molecular complexity index is 348. The molecule has 0 amide bonds. The fraction of sp³-hybridized carbons (Fsp3) is 0.300. The Kier molecular flexibility index (Phi) is 2.63. The Morgan fingerprint density at radius 2 is 2.07 bits per heavy atom. The Hall–Kier alpha value is -1.16. The molecule has 0 bridgehead atoms. The van der Waals surface area contributed by atoms with E-state index >= 15 is 0 Å². The standard InChI is InChI=1S/C10H12N2OS/c1-12-6-7-14-10(12)11-8-2-4-9(13)5-3-8/h2-5,13H,6-7H2,1H3/b11-10+. The van der Waals surface area contributed by atoms with Gasteiger partial charge in [0.2, 0.25) is 0 Å². The Labute approximate surface area is 87.5 Å². The first-order chi connectivity index (χ1) is 6.75. The number of aliphatic imine (C=N–C) groups is 1. The van der Waals surface area contributed by atoms with Crippen molar-refractivity contribution < 1.29 is 5.11 Å². The predicted octanol–water partition coefficient (Wildman–Crippen LogP) is 2.06. The van der Waals surface area contributed by atoms with E-state index in [-0.39, 0.29) is 5.75 Å². The first-order valence-electron chi connectivity index (χ1n) is 4.47. The van der Waals surface area contributed by atoms with E-state index in [1.54, 1.807) is 23.9 Å². The molecule has 0 saturated carbocycles. The van der Waals surface area contributed by atoms with Gasteiger partial charge in [0.25, 0.3) is 0 Å². The van der Waals surface area contributed by atoms with Crippen LogP contribution in [-0.4, -0.2) is 34.5 Å². The van der Waals surface area contributed by atoms with Gasteiger partial charge in [0.05, 0.1) is 5.69 Å². The first-order valence-corrected chi connectivity index (χ1v) is 5.46. The van der Waals surface area contributed by atoms with Gasteiger partial charge in [-0.15, -0.1) is 0 Å². The molecule has 74 valence electrons. The summed E-state index contributed by atoms with van der Waals surface area (Å²) >= 11 is 1.76. The summed E-state index contributed by atoms with van der Waals surface area (Å²) < 4.78 is 0. The van der Waals surface area contributed by atoms with E-state index < -0.39 is 0 Å². The number of rotatable bonds is 1. The third-order valence-electron chi connectivity index (χ3n) is 2.06. The minimum absolute atomic E-state index is 0.279. The number of phenolic OH excluding ortho intramolecular Hbond substituents is 1. The normalized spacial score (nSPS) is 19.2. The van der Waals surface area contributed by atoms with Crippen molar-refractivity contribution in [3.05, 3.63) is 24.3 Å². The molecule has 3 nitrogen and oxygen atoms in total. The van der Waals surface area contributed by atoms with E-state index in [0.29, 0.717) is 0 Å². The van der Waals surface area contributed by atoms with Crippen molar-refractivity contribution >= 4 is 22.6 Å². The molecule has 1 heterocycles. The highest BCUT2D eigenvalue weighted by atomic mass is 32.2. The number of thioether (sulfide) groups is 1. The maximum atomic E-state index is 9.11. The van der Waals surface area contributed by atoms with E-state index in [0.717, 1.165) is 23.2 Å². The molecule has 1 aliphatic heterocycles. The van der Waals surface area contributed by atoms with Crippen LogP contribution in [0, 0.1) is 0 Å². The van der Waals surface area contributed by atoms with Crippen LogP contribution in [0.5, 0.6) is 5.75 Å². The molecule has 0 unspecified atom stereocenters. The molecule has 1 fully saturated rings. The lowest BCUT2D eigenvalue weighted by molar-refractivity contribution is 0.475. The van der Waals surface area contributed by atoms with Gasteiger partial charge in [-0.2, -0.15) is 0 Å². The lowest BCUT2D eigenvalue weighted by Crippen LogP contribution is -2.17. The second kappa shape index (κ2) is 3.92. The van der Waals surface area contributed by atoms with Gasteiger partial charge in [-0.25, -0.2) is 4.99 Å². The molecule has 4 heteroatoms. The van der Waals surface area contributed by atoms with Gasteiger partial charge < -0.3 is 10.0 Å². The number of nitrogens with zero attached hydrogens (tertiary/aromatic N) is 2. The van der Waals surface area contributed by atoms with E-state index in [1.165, 1.54) is 0 Å². The van der Waals surface area contributed by atoms with Crippen LogP contribution >= 0.6 is 11.8 Å². The maximum Gasteiger partial charge on any atom is 0.164 e. The molecule has 14 heavy (non-hydrogen) atoms. The zero-order chi connectivity index (χ0) is 9.97. The summed E-state index contributed by atoms with van der Waals surface area (Å²) in [6, 6.07) is 6.93. The Balaban J connectivity index is 2.20. The molecular weight excluding hydrogens is 196 g/mol. The zero-order valence-corrected chi connectivity index (χ0v) is 8.79. The highest BCUT2D eigenvalue weighted by Gasteiger charge is 2.14. The first kappa shape index (κ1) is 9.40. The molecule has 0 atom stereocenters. The van der Waals surface area contributed by atoms with E-state index in [4.69, 9.17) is 5.11 Å². The van der Waals surface area contributed by atoms with Gasteiger partial charge in [0.1, 0.15) is 5.75 Å². The summed E-state index contributed by atoms with van der Waals surface area (Å²) in [5.41, 5.74) is 0.888. The fourth-order valence-corrected chi connectivity index (χ4v) is 2.26. The second-order valence-corrected chi connectivity index (χ2v) is 4.24. The van der Waals surface area contributed by atoms with E-state index in [1.807, 2.05) is 19.2 Å². The highest BCUT2D eigenvalue weighted by Crippen LogP contribution is 2.22. The maximum absolute atomic E-state index is 9.11. The summed E-state index contributed by atoms with van der Waals surface area (Å²) in [6.45, 7) is 1.06. The monoisotopic (exact) mass is 208 g/mol. The Morgan fingerprint density at radius 3 is 2.64 bits per heavy atom. The van der Waals surface area contributed by atoms with Gasteiger partial charge in [0, 0.05) is 19.3 Å². The van der Waals surface area contributed by atoms with Crippen LogP contribution in [0.2, 0.25) is 0 Å². The summed E-state index contributed by atoms with van der Waals surface area (Å²) in [5.74, 6) is 1.38. The minimum atomic E-state index is 0.279. The summed E-state index contributed by atoms with van der Waals surface area (Å²) in [5, 5.41) is 10.2. The predicted molar refractivity (Wildman–Crippen MR) is 60.3 cm³/mol. The van der Waals surface area contributed by atoms with Crippen molar-refractivity contribution in [2.75, 3.05) is 19.3 Å². The van der Waals surface area contributed by atoms with Crippen molar-refractivity contribution in [1.82, 2.24) is 4.90 Å². The van der Waals surface area contributed by atoms with Gasteiger partial charge in [-0.1, -0.05) is 11.8 Å². The van der Waals surface area contributed by atoms with Crippen LogP contribution in [0.15, 0.2) is 29.3 Å². The molecule has 0 radical (unpaired) electrons. The quantitative estimate of drug-likeness (QED) is 0.767. The van der Waals surface area contributed by atoms with Crippen LogP contribution in [-0.2, 0) is 0 Å². The topological polar surface area (TPSA) is 35.8 Å². The molecule has 1 aromatic carbocycles. The third kappa shape index (κ3) is 2.01. The van der Waals surface area contributed by atoms with Crippen molar-refractivity contribution in [2.24, 2.45) is 4.99 Å². The molecule has 1 aromatic rings. The molecule has 0 spiro atoms. The summed E-state index contributed by atoms with van der Waals surface area (Å²) in [4.78, 5) is 6.61. The van der Waals surface area contributed by atoms with Crippen LogP contribution in [0.25, 0.3) is 0 Å². The fourth-order valence-electron chi connectivity index (χ4n) is 1.23. The minimum Gasteiger partial charge on any atom is -0.508 e. The van der Waals surface area contributed by atoms with Crippen molar-refractivity contribution in [3.63, 3.8) is 0 Å². The number of aromatic hydroxyl groups is 1. The van der Waals surface area contributed by atoms with E-state index in [2.05, 4.69) is 9.89 Å². The lowest BCUT2D eigenvalue weighted by atomic mass is 10.3. The van der Waals surface area contributed by atoms with Crippen molar-refractivity contribution in [1.29, 1.82) is 0 Å². The summed E-state index contributed by atoms with van der Waals surface area (Å²) in [7, 11) is 2.04. The van der Waals surface area contributed by atoms with Gasteiger partial charge in [0.15, 0.2) is 5.17 Å². The SMILES string of the molecule is CN1CCS/C1=N/c1ccc(O)cc1. The zero-order valence-electron chi connectivity index (χ0n) is 7.97.